The van der Waals surface area contributed by atoms with Gasteiger partial charge in [-0.1, -0.05) is 0 Å². The molecule has 0 aliphatic carbocycles. The van der Waals surface area contributed by atoms with Crippen LogP contribution in [0.3, 0.4) is 0 Å². The Morgan fingerprint density at radius 2 is 2.20 bits per heavy atom. The lowest BCUT2D eigenvalue weighted by Gasteiger charge is -2.45. The highest BCUT2D eigenvalue weighted by atomic mass is 32.2. The zero-order valence-corrected chi connectivity index (χ0v) is 12.4. The van der Waals surface area contributed by atoms with Crippen LogP contribution in [0.25, 0.3) is 0 Å². The Hall–Kier alpha value is -1.18. The van der Waals surface area contributed by atoms with Crippen LogP contribution in [-0.2, 0) is 14.8 Å². The lowest BCUT2D eigenvalue weighted by atomic mass is 9.94. The average molecular weight is 298 g/mol. The highest BCUT2D eigenvalue weighted by Gasteiger charge is 2.51. The Balaban J connectivity index is 1.88. The van der Waals surface area contributed by atoms with Gasteiger partial charge in [-0.15, -0.1) is 0 Å². The van der Waals surface area contributed by atoms with Crippen LogP contribution in [0.4, 0.5) is 0 Å². The lowest BCUT2D eigenvalue weighted by molar-refractivity contribution is -0.0772. The highest BCUT2D eigenvalue weighted by molar-refractivity contribution is 7.89. The molecule has 0 aromatic carbocycles. The zero-order valence-electron chi connectivity index (χ0n) is 11.6. The van der Waals surface area contributed by atoms with Crippen molar-refractivity contribution in [3.63, 3.8) is 0 Å². The van der Waals surface area contributed by atoms with Crippen LogP contribution in [0.2, 0.25) is 0 Å². The second-order valence-corrected chi connectivity index (χ2v) is 7.33. The fourth-order valence-corrected chi connectivity index (χ4v) is 4.56. The third-order valence-electron chi connectivity index (χ3n) is 3.88. The van der Waals surface area contributed by atoms with Crippen molar-refractivity contribution >= 4 is 10.0 Å². The Labute approximate surface area is 118 Å². The van der Waals surface area contributed by atoms with Crippen LogP contribution in [0.5, 0.6) is 5.88 Å². The van der Waals surface area contributed by atoms with Crippen molar-refractivity contribution in [2.75, 3.05) is 26.8 Å². The van der Waals surface area contributed by atoms with Crippen LogP contribution in [0.1, 0.15) is 18.4 Å². The van der Waals surface area contributed by atoms with Crippen molar-refractivity contribution in [3.8, 4) is 5.88 Å². The lowest BCUT2D eigenvalue weighted by Crippen LogP contribution is -2.62. The molecule has 2 aliphatic heterocycles. The first-order valence-electron chi connectivity index (χ1n) is 6.62. The van der Waals surface area contributed by atoms with E-state index in [1.807, 2.05) is 6.92 Å². The Morgan fingerprint density at radius 1 is 1.45 bits per heavy atom. The van der Waals surface area contributed by atoms with E-state index in [0.29, 0.717) is 13.1 Å². The van der Waals surface area contributed by atoms with E-state index in [0.717, 1.165) is 25.0 Å². The maximum absolute atomic E-state index is 12.6. The topological polar surface area (TPSA) is 68.7 Å². The van der Waals surface area contributed by atoms with Gasteiger partial charge in [0.15, 0.2) is 0 Å². The van der Waals surface area contributed by atoms with Gasteiger partial charge >= 0.3 is 0 Å². The molecule has 0 bridgehead atoms. The van der Waals surface area contributed by atoms with Crippen LogP contribution >= 0.6 is 0 Å². The molecule has 1 spiro atoms. The molecule has 2 fully saturated rings. The number of rotatable bonds is 3. The minimum Gasteiger partial charge on any atom is -0.480 e. The summed E-state index contributed by atoms with van der Waals surface area (Å²) in [6.45, 7) is 3.38. The van der Waals surface area contributed by atoms with Crippen molar-refractivity contribution in [2.24, 2.45) is 0 Å². The fraction of sp³-hybridized carbons (Fsp3) is 0.615. The normalized spacial score (nSPS) is 21.9. The van der Waals surface area contributed by atoms with Crippen molar-refractivity contribution < 1.29 is 17.9 Å². The first-order chi connectivity index (χ1) is 9.47. The fourth-order valence-electron chi connectivity index (χ4n) is 2.78. The third kappa shape index (κ3) is 2.10. The molecule has 6 nitrogen and oxygen atoms in total. The number of aryl methyl sites for hydroxylation is 1. The second-order valence-electron chi connectivity index (χ2n) is 5.43. The maximum atomic E-state index is 12.6. The molecule has 1 aromatic rings. The smallest absolute Gasteiger partial charge is 0.248 e. The van der Waals surface area contributed by atoms with Crippen LogP contribution in [-0.4, -0.2) is 50.1 Å². The average Bonchev–Trinajstić information content (AvgIpc) is 2.86. The summed E-state index contributed by atoms with van der Waals surface area (Å²) < 4.78 is 37.5. The molecule has 20 heavy (non-hydrogen) atoms. The number of methoxy groups -OCH3 is 1. The van der Waals surface area contributed by atoms with E-state index in [1.165, 1.54) is 11.4 Å². The summed E-state index contributed by atoms with van der Waals surface area (Å²) in [5.41, 5.74) is 0.536. The molecular formula is C13H18N2O4S. The van der Waals surface area contributed by atoms with E-state index in [1.54, 1.807) is 12.3 Å². The van der Waals surface area contributed by atoms with Gasteiger partial charge in [-0.25, -0.2) is 13.4 Å². The number of nitrogens with zero attached hydrogens (tertiary/aromatic N) is 2. The van der Waals surface area contributed by atoms with E-state index in [4.69, 9.17) is 9.47 Å². The summed E-state index contributed by atoms with van der Waals surface area (Å²) in [5.74, 6) is 0.142. The quantitative estimate of drug-likeness (QED) is 0.831. The molecule has 0 N–H and O–H groups in total. The largest absolute Gasteiger partial charge is 0.480 e. The predicted molar refractivity (Wildman–Crippen MR) is 72.2 cm³/mol. The summed E-state index contributed by atoms with van der Waals surface area (Å²) in [5, 5.41) is 0. The molecule has 0 saturated carbocycles. The van der Waals surface area contributed by atoms with Gasteiger partial charge < -0.3 is 9.47 Å². The van der Waals surface area contributed by atoms with Crippen LogP contribution in [0.15, 0.2) is 17.2 Å². The van der Waals surface area contributed by atoms with Gasteiger partial charge in [0.25, 0.3) is 0 Å². The SMILES string of the molecule is COc1ncc(C)cc1S(=O)(=O)N1CC2(CCCO2)C1. The summed E-state index contributed by atoms with van der Waals surface area (Å²) in [6.07, 6.45) is 3.53. The van der Waals surface area contributed by atoms with Crippen molar-refractivity contribution in [1.29, 1.82) is 0 Å². The molecule has 0 unspecified atom stereocenters. The minimum atomic E-state index is -3.57. The van der Waals surface area contributed by atoms with Crippen molar-refractivity contribution in [2.45, 2.75) is 30.3 Å². The summed E-state index contributed by atoms with van der Waals surface area (Å²) in [6, 6.07) is 1.60. The van der Waals surface area contributed by atoms with Crippen molar-refractivity contribution in [3.05, 3.63) is 17.8 Å². The van der Waals surface area contributed by atoms with E-state index in [2.05, 4.69) is 4.98 Å². The van der Waals surface area contributed by atoms with E-state index >= 15 is 0 Å². The summed E-state index contributed by atoms with van der Waals surface area (Å²) in [7, 11) is -2.14. The van der Waals surface area contributed by atoms with E-state index in [9.17, 15) is 8.42 Å². The molecule has 3 heterocycles. The molecule has 1 aromatic heterocycles. The first kappa shape index (κ1) is 13.8. The number of hydrogen-bond donors (Lipinski definition) is 0. The molecule has 7 heteroatoms. The number of sulfonamides is 1. The highest BCUT2D eigenvalue weighted by Crippen LogP contribution is 2.39. The Kier molecular flexibility index (Phi) is 3.23. The first-order valence-corrected chi connectivity index (χ1v) is 8.06. The molecule has 2 saturated heterocycles. The zero-order chi connectivity index (χ0) is 14.4. The van der Waals surface area contributed by atoms with E-state index in [-0.39, 0.29) is 16.4 Å². The van der Waals surface area contributed by atoms with Gasteiger partial charge in [-0.05, 0) is 31.4 Å². The predicted octanol–water partition coefficient (Wildman–Crippen LogP) is 0.952. The van der Waals surface area contributed by atoms with Gasteiger partial charge in [-0.2, -0.15) is 4.31 Å². The number of ether oxygens (including phenoxy) is 2. The van der Waals surface area contributed by atoms with Crippen LogP contribution in [0, 0.1) is 6.92 Å². The number of pyridine rings is 1. The monoisotopic (exact) mass is 298 g/mol. The van der Waals surface area contributed by atoms with Crippen molar-refractivity contribution in [1.82, 2.24) is 9.29 Å². The molecule has 0 radical (unpaired) electrons. The maximum Gasteiger partial charge on any atom is 0.248 e. The van der Waals surface area contributed by atoms with Gasteiger partial charge in [0.1, 0.15) is 4.90 Å². The molecular weight excluding hydrogens is 280 g/mol. The van der Waals surface area contributed by atoms with Gasteiger partial charge in [0.2, 0.25) is 15.9 Å². The number of aromatic nitrogens is 1. The molecule has 2 aliphatic rings. The second kappa shape index (κ2) is 4.68. The van der Waals surface area contributed by atoms with Gasteiger partial charge in [0, 0.05) is 25.9 Å². The van der Waals surface area contributed by atoms with Crippen LogP contribution < -0.4 is 4.74 Å². The van der Waals surface area contributed by atoms with Gasteiger partial charge in [0.05, 0.1) is 12.7 Å². The molecule has 0 atom stereocenters. The molecule has 110 valence electrons. The third-order valence-corrected chi connectivity index (χ3v) is 5.67. The van der Waals surface area contributed by atoms with E-state index < -0.39 is 10.0 Å². The Morgan fingerprint density at radius 3 is 2.80 bits per heavy atom. The number of hydrogen-bond acceptors (Lipinski definition) is 5. The Bertz CT molecular complexity index is 615. The van der Waals surface area contributed by atoms with Gasteiger partial charge in [-0.3, -0.25) is 0 Å². The summed E-state index contributed by atoms with van der Waals surface area (Å²) in [4.78, 5) is 4.17. The summed E-state index contributed by atoms with van der Waals surface area (Å²) >= 11 is 0. The molecule has 0 amide bonds. The standard InChI is InChI=1S/C13H18N2O4S/c1-10-6-11(12(18-2)14-7-10)20(16,17)15-8-13(9-15)4-3-5-19-13/h6-7H,3-5,8-9H2,1-2H3. The minimum absolute atomic E-state index is 0.132. The molecule has 3 rings (SSSR count).